The molecule has 0 spiro atoms. The Morgan fingerprint density at radius 2 is 1.65 bits per heavy atom. The van der Waals surface area contributed by atoms with E-state index in [1.165, 1.54) is 11.1 Å². The molecule has 2 N–H and O–H groups in total. The summed E-state index contributed by atoms with van der Waals surface area (Å²) in [7, 11) is 0. The van der Waals surface area contributed by atoms with E-state index in [1.807, 2.05) is 18.2 Å². The maximum Gasteiger partial charge on any atom is 0.223 e. The van der Waals surface area contributed by atoms with Gasteiger partial charge in [-0.3, -0.25) is 4.40 Å². The number of imidazole rings is 1. The zero-order valence-electron chi connectivity index (χ0n) is 21.6. The molecule has 0 radical (unpaired) electrons. The molecule has 6 nitrogen and oxygen atoms in total. The maximum atomic E-state index is 9.54. The van der Waals surface area contributed by atoms with Crippen LogP contribution in [0.5, 0.6) is 5.75 Å². The Morgan fingerprint density at radius 1 is 0.892 bits per heavy atom. The van der Waals surface area contributed by atoms with Crippen molar-refractivity contribution < 1.29 is 5.11 Å². The van der Waals surface area contributed by atoms with Crippen LogP contribution in [0.2, 0.25) is 0 Å². The van der Waals surface area contributed by atoms with Crippen LogP contribution in [0.4, 0.5) is 5.95 Å². The molecule has 3 aromatic heterocycles. The molecule has 5 aromatic rings. The van der Waals surface area contributed by atoms with Crippen LogP contribution in [-0.2, 0) is 19.4 Å². The Hall–Kier alpha value is -4.19. The normalized spacial score (nSPS) is 12.1. The number of fused-ring (bicyclic) bond motifs is 1. The zero-order valence-corrected chi connectivity index (χ0v) is 21.6. The van der Waals surface area contributed by atoms with E-state index in [0.717, 1.165) is 53.1 Å². The summed E-state index contributed by atoms with van der Waals surface area (Å²) in [6.45, 7) is 7.24. The molecule has 0 saturated heterocycles. The van der Waals surface area contributed by atoms with Crippen LogP contribution in [0.1, 0.15) is 43.9 Å². The number of phenols is 1. The van der Waals surface area contributed by atoms with Gasteiger partial charge < -0.3 is 10.4 Å². The van der Waals surface area contributed by atoms with E-state index in [9.17, 15) is 5.11 Å². The third-order valence-electron chi connectivity index (χ3n) is 6.89. The van der Waals surface area contributed by atoms with Gasteiger partial charge in [0.05, 0.1) is 17.1 Å². The zero-order chi connectivity index (χ0) is 25.8. The highest BCUT2D eigenvalue weighted by Gasteiger charge is 2.18. The number of hydrogen-bond donors (Lipinski definition) is 2. The Morgan fingerprint density at radius 3 is 2.38 bits per heavy atom. The van der Waals surface area contributed by atoms with E-state index < -0.39 is 0 Å². The Balaban J connectivity index is 1.55. The molecule has 5 rings (SSSR count). The fourth-order valence-electron chi connectivity index (χ4n) is 4.48. The first-order valence-corrected chi connectivity index (χ1v) is 13.0. The van der Waals surface area contributed by atoms with Crippen molar-refractivity contribution in [2.24, 2.45) is 5.92 Å². The van der Waals surface area contributed by atoms with Crippen LogP contribution in [0.15, 0.2) is 79.1 Å². The predicted molar refractivity (Wildman–Crippen MR) is 150 cm³/mol. The van der Waals surface area contributed by atoms with Crippen molar-refractivity contribution in [1.82, 2.24) is 19.4 Å². The number of pyridine rings is 1. The lowest BCUT2D eigenvalue weighted by molar-refractivity contribution is 0.475. The fourth-order valence-corrected chi connectivity index (χ4v) is 4.48. The van der Waals surface area contributed by atoms with Crippen molar-refractivity contribution in [2.75, 3.05) is 5.32 Å². The fraction of sp³-hybridized carbons (Fsp3) is 0.258. The number of aryl methyl sites for hydroxylation is 1. The van der Waals surface area contributed by atoms with Crippen molar-refractivity contribution in [2.45, 2.75) is 46.6 Å². The van der Waals surface area contributed by atoms with E-state index in [1.54, 1.807) is 18.3 Å². The van der Waals surface area contributed by atoms with Crippen molar-refractivity contribution in [3.05, 3.63) is 95.8 Å². The molecule has 0 aliphatic carbocycles. The molecule has 0 aliphatic heterocycles. The van der Waals surface area contributed by atoms with E-state index in [4.69, 9.17) is 9.97 Å². The smallest absolute Gasteiger partial charge is 0.223 e. The number of aromatic nitrogens is 4. The lowest BCUT2D eigenvalue weighted by Crippen LogP contribution is -2.04. The highest BCUT2D eigenvalue weighted by atomic mass is 16.3. The van der Waals surface area contributed by atoms with E-state index in [0.29, 0.717) is 18.4 Å². The highest BCUT2D eigenvalue weighted by molar-refractivity contribution is 5.81. The number of hydrogen-bond acceptors (Lipinski definition) is 5. The number of nitrogens with zero attached hydrogens (tertiary/aromatic N) is 4. The summed E-state index contributed by atoms with van der Waals surface area (Å²) in [5, 5.41) is 12.8. The SMILES string of the molecule is CCc1ccc(-c2nc3cc(CC(C)CC)ccn3c2-c2ccnc(NCc3ccc(O)cc3)n2)cc1. The molecule has 3 heterocycles. The number of nitrogens with one attached hydrogen (secondary N) is 1. The molecule has 0 fully saturated rings. The highest BCUT2D eigenvalue weighted by Crippen LogP contribution is 2.33. The van der Waals surface area contributed by atoms with E-state index in [-0.39, 0.29) is 5.75 Å². The van der Waals surface area contributed by atoms with Gasteiger partial charge in [-0.05, 0) is 65.8 Å². The summed E-state index contributed by atoms with van der Waals surface area (Å²) in [5.74, 6) is 1.42. The molecule has 188 valence electrons. The number of benzene rings is 2. The Kier molecular flexibility index (Phi) is 7.17. The third-order valence-corrected chi connectivity index (χ3v) is 6.89. The molecule has 0 saturated carbocycles. The number of anilines is 1. The van der Waals surface area contributed by atoms with Gasteiger partial charge in [-0.2, -0.15) is 0 Å². The van der Waals surface area contributed by atoms with Gasteiger partial charge in [0.1, 0.15) is 11.4 Å². The van der Waals surface area contributed by atoms with Crippen molar-refractivity contribution in [3.63, 3.8) is 0 Å². The van der Waals surface area contributed by atoms with Crippen LogP contribution in [0.3, 0.4) is 0 Å². The minimum Gasteiger partial charge on any atom is -0.508 e. The molecule has 2 aromatic carbocycles. The maximum absolute atomic E-state index is 9.54. The second kappa shape index (κ2) is 10.8. The molecule has 37 heavy (non-hydrogen) atoms. The van der Waals surface area contributed by atoms with Gasteiger partial charge >= 0.3 is 0 Å². The first-order chi connectivity index (χ1) is 18.0. The number of phenolic OH excluding ortho intramolecular Hbond substituents is 1. The summed E-state index contributed by atoms with van der Waals surface area (Å²) in [5.41, 5.74) is 8.28. The third kappa shape index (κ3) is 5.48. The summed E-state index contributed by atoms with van der Waals surface area (Å²) < 4.78 is 2.13. The summed E-state index contributed by atoms with van der Waals surface area (Å²) in [4.78, 5) is 14.4. The number of aromatic hydroxyl groups is 1. The van der Waals surface area contributed by atoms with Crippen molar-refractivity contribution in [1.29, 1.82) is 0 Å². The molecule has 1 atom stereocenters. The van der Waals surface area contributed by atoms with Crippen molar-refractivity contribution >= 4 is 11.6 Å². The molecule has 0 bridgehead atoms. The topological polar surface area (TPSA) is 75.3 Å². The quantitative estimate of drug-likeness (QED) is 0.234. The van der Waals surface area contributed by atoms with Gasteiger partial charge in [-0.1, -0.05) is 63.6 Å². The van der Waals surface area contributed by atoms with Crippen LogP contribution < -0.4 is 5.32 Å². The molecule has 6 heteroatoms. The molecular weight excluding hydrogens is 458 g/mol. The second-order valence-electron chi connectivity index (χ2n) is 9.63. The van der Waals surface area contributed by atoms with Gasteiger partial charge in [0, 0.05) is 24.5 Å². The van der Waals surface area contributed by atoms with Gasteiger partial charge in [0.25, 0.3) is 0 Å². The van der Waals surface area contributed by atoms with Crippen LogP contribution >= 0.6 is 0 Å². The number of rotatable bonds is 9. The van der Waals surface area contributed by atoms with E-state index in [2.05, 4.69) is 78.1 Å². The predicted octanol–water partition coefficient (Wildman–Crippen LogP) is 6.93. The summed E-state index contributed by atoms with van der Waals surface area (Å²) in [6.07, 6.45) is 7.08. The first kappa shape index (κ1) is 24.5. The standard InChI is InChI=1S/C31H33N5O/c1-4-21(3)18-24-15-17-36-28(19-24)35-29(25-10-6-22(5-2)7-11-25)30(36)27-14-16-32-31(34-27)33-20-23-8-12-26(37)13-9-23/h6-17,19,21,37H,4-5,18,20H2,1-3H3,(H,32,33,34). The second-order valence-corrected chi connectivity index (χ2v) is 9.63. The first-order valence-electron chi connectivity index (χ1n) is 13.0. The van der Waals surface area contributed by atoms with Gasteiger partial charge in [0.15, 0.2) is 0 Å². The van der Waals surface area contributed by atoms with Gasteiger partial charge in [-0.15, -0.1) is 0 Å². The lowest BCUT2D eigenvalue weighted by Gasteiger charge is -2.10. The Labute approximate surface area is 218 Å². The largest absolute Gasteiger partial charge is 0.508 e. The van der Waals surface area contributed by atoms with Crippen LogP contribution in [0.25, 0.3) is 28.3 Å². The Bertz CT molecular complexity index is 1490. The van der Waals surface area contributed by atoms with Gasteiger partial charge in [-0.25, -0.2) is 15.0 Å². The lowest BCUT2D eigenvalue weighted by atomic mass is 10.00. The van der Waals surface area contributed by atoms with Gasteiger partial charge in [0.2, 0.25) is 5.95 Å². The van der Waals surface area contributed by atoms with Crippen LogP contribution in [0, 0.1) is 5.92 Å². The summed E-state index contributed by atoms with van der Waals surface area (Å²) in [6, 6.07) is 22.1. The van der Waals surface area contributed by atoms with Crippen LogP contribution in [-0.4, -0.2) is 24.5 Å². The molecule has 0 aliphatic rings. The van der Waals surface area contributed by atoms with E-state index >= 15 is 0 Å². The minimum absolute atomic E-state index is 0.251. The average Bonchev–Trinajstić information content (AvgIpc) is 3.31. The molecular formula is C31H33N5O. The monoisotopic (exact) mass is 491 g/mol. The molecule has 1 unspecified atom stereocenters. The average molecular weight is 492 g/mol. The summed E-state index contributed by atoms with van der Waals surface area (Å²) >= 11 is 0. The minimum atomic E-state index is 0.251. The molecule has 0 amide bonds. The van der Waals surface area contributed by atoms with Crippen molar-refractivity contribution in [3.8, 4) is 28.4 Å².